The van der Waals surface area contributed by atoms with Gasteiger partial charge in [-0.05, 0) is 36.3 Å². The van der Waals surface area contributed by atoms with Crippen molar-refractivity contribution < 1.29 is 14.6 Å². The van der Waals surface area contributed by atoms with Crippen molar-refractivity contribution in [2.45, 2.75) is 31.8 Å². The summed E-state index contributed by atoms with van der Waals surface area (Å²) in [7, 11) is 0. The highest BCUT2D eigenvalue weighted by Gasteiger charge is 2.27. The molecular formula is C17H23NO3. The highest BCUT2D eigenvalue weighted by Crippen LogP contribution is 2.30. The molecule has 0 radical (unpaired) electrons. The normalized spacial score (nSPS) is 22.9. The summed E-state index contributed by atoms with van der Waals surface area (Å²) in [6.45, 7) is 2.46. The Kier molecular flexibility index (Phi) is 4.56. The number of nitrogens with zero attached hydrogens (tertiary/aromatic N) is 1. The van der Waals surface area contributed by atoms with Crippen molar-refractivity contribution in [3.05, 3.63) is 35.4 Å². The lowest BCUT2D eigenvalue weighted by molar-refractivity contribution is -0.136. The number of carbonyl (C=O) groups is 1. The second-order valence-electron chi connectivity index (χ2n) is 6.02. The largest absolute Gasteiger partial charge is 0.396 e. The van der Waals surface area contributed by atoms with E-state index in [0.717, 1.165) is 32.4 Å². The summed E-state index contributed by atoms with van der Waals surface area (Å²) in [5, 5.41) is 9.16. The quantitative estimate of drug-likeness (QED) is 0.925. The number of benzene rings is 1. The van der Waals surface area contributed by atoms with Gasteiger partial charge in [0.15, 0.2) is 0 Å². The lowest BCUT2D eigenvalue weighted by atomic mass is 9.94. The Bertz CT molecular complexity index is 495. The molecule has 4 nitrogen and oxygen atoms in total. The summed E-state index contributed by atoms with van der Waals surface area (Å²) in [6, 6.07) is 8.26. The third-order valence-electron chi connectivity index (χ3n) is 4.68. The van der Waals surface area contributed by atoms with Crippen LogP contribution in [0.1, 0.15) is 36.5 Å². The molecule has 1 amide bonds. The van der Waals surface area contributed by atoms with Gasteiger partial charge in [0.1, 0.15) is 0 Å². The summed E-state index contributed by atoms with van der Waals surface area (Å²) >= 11 is 0. The summed E-state index contributed by atoms with van der Waals surface area (Å²) in [5.74, 6) is 0.536. The lowest BCUT2D eigenvalue weighted by Crippen LogP contribution is -2.40. The average molecular weight is 289 g/mol. The minimum Gasteiger partial charge on any atom is -0.396 e. The Morgan fingerprint density at radius 3 is 2.81 bits per heavy atom. The maximum Gasteiger partial charge on any atom is 0.225 e. The fourth-order valence-electron chi connectivity index (χ4n) is 3.30. The SMILES string of the molecule is O=C(CC1OCCc2ccccc21)N1CCC(CO)CC1. The monoisotopic (exact) mass is 289 g/mol. The Balaban J connectivity index is 1.61. The second-order valence-corrected chi connectivity index (χ2v) is 6.02. The molecule has 1 fully saturated rings. The Hall–Kier alpha value is -1.39. The van der Waals surface area contributed by atoms with Gasteiger partial charge in [-0.1, -0.05) is 24.3 Å². The molecule has 0 spiro atoms. The zero-order valence-corrected chi connectivity index (χ0v) is 12.3. The van der Waals surface area contributed by atoms with Gasteiger partial charge in [-0.25, -0.2) is 0 Å². The Morgan fingerprint density at radius 1 is 1.29 bits per heavy atom. The summed E-state index contributed by atoms with van der Waals surface area (Å²) in [5.41, 5.74) is 2.47. The molecule has 1 unspecified atom stereocenters. The number of aliphatic hydroxyl groups excluding tert-OH is 1. The van der Waals surface area contributed by atoms with Crippen molar-refractivity contribution in [1.82, 2.24) is 4.90 Å². The van der Waals surface area contributed by atoms with E-state index in [9.17, 15) is 4.79 Å². The number of amides is 1. The van der Waals surface area contributed by atoms with Gasteiger partial charge in [0, 0.05) is 19.7 Å². The predicted molar refractivity (Wildman–Crippen MR) is 79.8 cm³/mol. The summed E-state index contributed by atoms with van der Waals surface area (Å²) < 4.78 is 5.82. The number of hydrogen-bond donors (Lipinski definition) is 1. The minimum atomic E-state index is -0.0991. The standard InChI is InChI=1S/C17H23NO3/c19-12-13-5-8-18(9-6-13)17(20)11-16-15-4-2-1-3-14(15)7-10-21-16/h1-4,13,16,19H,5-12H2. The molecule has 21 heavy (non-hydrogen) atoms. The van der Waals surface area contributed by atoms with Crippen LogP contribution < -0.4 is 0 Å². The van der Waals surface area contributed by atoms with E-state index in [1.54, 1.807) is 0 Å². The highest BCUT2D eigenvalue weighted by atomic mass is 16.5. The van der Waals surface area contributed by atoms with E-state index in [-0.39, 0.29) is 18.6 Å². The third-order valence-corrected chi connectivity index (χ3v) is 4.68. The first kappa shape index (κ1) is 14.5. The smallest absolute Gasteiger partial charge is 0.225 e. The second kappa shape index (κ2) is 6.58. The highest BCUT2D eigenvalue weighted by molar-refractivity contribution is 5.77. The first-order chi connectivity index (χ1) is 10.3. The first-order valence-electron chi connectivity index (χ1n) is 7.86. The zero-order chi connectivity index (χ0) is 14.7. The van der Waals surface area contributed by atoms with Crippen molar-refractivity contribution >= 4 is 5.91 Å². The molecular weight excluding hydrogens is 266 g/mol. The molecule has 1 N–H and O–H groups in total. The topological polar surface area (TPSA) is 49.8 Å². The molecule has 0 aliphatic carbocycles. The molecule has 0 bridgehead atoms. The first-order valence-corrected chi connectivity index (χ1v) is 7.86. The Morgan fingerprint density at radius 2 is 2.05 bits per heavy atom. The number of carbonyl (C=O) groups excluding carboxylic acids is 1. The number of hydrogen-bond acceptors (Lipinski definition) is 3. The molecule has 2 heterocycles. The van der Waals surface area contributed by atoms with Crippen molar-refractivity contribution in [3.8, 4) is 0 Å². The van der Waals surface area contributed by atoms with Gasteiger partial charge in [-0.15, -0.1) is 0 Å². The van der Waals surface area contributed by atoms with Crippen molar-refractivity contribution in [3.63, 3.8) is 0 Å². The summed E-state index contributed by atoms with van der Waals surface area (Å²) in [6.07, 6.45) is 3.08. The van der Waals surface area contributed by atoms with Gasteiger partial charge < -0.3 is 14.7 Å². The maximum absolute atomic E-state index is 12.5. The number of rotatable bonds is 3. The molecule has 0 aromatic heterocycles. The molecule has 1 aromatic carbocycles. The van der Waals surface area contributed by atoms with E-state index >= 15 is 0 Å². The average Bonchev–Trinajstić information content (AvgIpc) is 2.55. The van der Waals surface area contributed by atoms with E-state index in [1.165, 1.54) is 11.1 Å². The van der Waals surface area contributed by atoms with E-state index in [2.05, 4.69) is 12.1 Å². The Labute approximate surface area is 125 Å². The molecule has 3 rings (SSSR count). The maximum atomic E-state index is 12.5. The van der Waals surface area contributed by atoms with E-state index < -0.39 is 0 Å². The van der Waals surface area contributed by atoms with Crippen LogP contribution in [0, 0.1) is 5.92 Å². The van der Waals surface area contributed by atoms with Gasteiger partial charge in [0.05, 0.1) is 19.1 Å². The number of piperidine rings is 1. The molecule has 1 aromatic rings. The molecule has 4 heteroatoms. The lowest BCUT2D eigenvalue weighted by Gasteiger charge is -2.33. The number of likely N-dealkylation sites (tertiary alicyclic amines) is 1. The van der Waals surface area contributed by atoms with Gasteiger partial charge >= 0.3 is 0 Å². The van der Waals surface area contributed by atoms with Crippen molar-refractivity contribution in [2.24, 2.45) is 5.92 Å². The van der Waals surface area contributed by atoms with Crippen LogP contribution >= 0.6 is 0 Å². The molecule has 0 saturated carbocycles. The van der Waals surface area contributed by atoms with Crippen LogP contribution in [0.5, 0.6) is 0 Å². The number of fused-ring (bicyclic) bond motifs is 1. The fraction of sp³-hybridized carbons (Fsp3) is 0.588. The van der Waals surface area contributed by atoms with Crippen LogP contribution in [-0.4, -0.2) is 42.2 Å². The van der Waals surface area contributed by atoms with Crippen LogP contribution in [-0.2, 0) is 16.0 Å². The fourth-order valence-corrected chi connectivity index (χ4v) is 3.30. The van der Waals surface area contributed by atoms with Crippen LogP contribution in [0.25, 0.3) is 0 Å². The molecule has 2 aliphatic heterocycles. The number of aliphatic hydroxyl groups is 1. The van der Waals surface area contributed by atoms with Crippen LogP contribution in [0.15, 0.2) is 24.3 Å². The van der Waals surface area contributed by atoms with E-state index in [4.69, 9.17) is 9.84 Å². The molecule has 2 aliphatic rings. The van der Waals surface area contributed by atoms with Gasteiger partial charge in [0.25, 0.3) is 0 Å². The predicted octanol–water partition coefficient (Wildman–Crippen LogP) is 1.92. The van der Waals surface area contributed by atoms with Gasteiger partial charge in [0.2, 0.25) is 5.91 Å². The third kappa shape index (κ3) is 3.27. The van der Waals surface area contributed by atoms with Crippen LogP contribution in [0.4, 0.5) is 0 Å². The van der Waals surface area contributed by atoms with Crippen LogP contribution in [0.3, 0.4) is 0 Å². The molecule has 1 atom stereocenters. The van der Waals surface area contributed by atoms with Crippen molar-refractivity contribution in [1.29, 1.82) is 0 Å². The van der Waals surface area contributed by atoms with Gasteiger partial charge in [-0.2, -0.15) is 0 Å². The van der Waals surface area contributed by atoms with E-state index in [1.807, 2.05) is 17.0 Å². The summed E-state index contributed by atoms with van der Waals surface area (Å²) in [4.78, 5) is 14.4. The van der Waals surface area contributed by atoms with Gasteiger partial charge in [-0.3, -0.25) is 4.79 Å². The minimum absolute atomic E-state index is 0.0991. The van der Waals surface area contributed by atoms with E-state index in [0.29, 0.717) is 18.9 Å². The molecule has 114 valence electrons. The number of ether oxygens (including phenoxy) is 1. The van der Waals surface area contributed by atoms with Crippen molar-refractivity contribution in [2.75, 3.05) is 26.3 Å². The molecule has 1 saturated heterocycles. The zero-order valence-electron chi connectivity index (χ0n) is 12.3. The van der Waals surface area contributed by atoms with Crippen LogP contribution in [0.2, 0.25) is 0 Å².